The van der Waals surface area contributed by atoms with Crippen LogP contribution in [0, 0.1) is 0 Å². The van der Waals surface area contributed by atoms with E-state index in [1.54, 1.807) is 12.1 Å². The van der Waals surface area contributed by atoms with E-state index in [1.165, 1.54) is 60.9 Å². The highest BCUT2D eigenvalue weighted by molar-refractivity contribution is 7.92. The van der Waals surface area contributed by atoms with Crippen molar-refractivity contribution in [1.82, 2.24) is 4.98 Å². The highest BCUT2D eigenvalue weighted by Gasteiger charge is 2.15. The van der Waals surface area contributed by atoms with Crippen LogP contribution in [-0.2, 0) is 20.0 Å². The Kier molecular flexibility index (Phi) is 6.04. The Morgan fingerprint density at radius 2 is 1.43 bits per heavy atom. The van der Waals surface area contributed by atoms with Crippen LogP contribution in [0.3, 0.4) is 0 Å². The van der Waals surface area contributed by atoms with Gasteiger partial charge in [0.1, 0.15) is 0 Å². The lowest BCUT2D eigenvalue weighted by molar-refractivity contribution is 0.102. The van der Waals surface area contributed by atoms with Crippen molar-refractivity contribution in [2.45, 2.75) is 4.90 Å². The summed E-state index contributed by atoms with van der Waals surface area (Å²) in [6, 6.07) is 14.7. The number of rotatable bonds is 7. The molecule has 0 fully saturated rings. The van der Waals surface area contributed by atoms with Gasteiger partial charge in [-0.05, 0) is 60.7 Å². The van der Waals surface area contributed by atoms with Crippen LogP contribution in [0.4, 0.5) is 17.1 Å². The molecule has 9 nitrogen and oxygen atoms in total. The Bertz CT molecular complexity index is 1240. The second-order valence-electron chi connectivity index (χ2n) is 6.28. The number of pyridine rings is 1. The first kappa shape index (κ1) is 21.3. The zero-order chi connectivity index (χ0) is 21.8. The zero-order valence-electron chi connectivity index (χ0n) is 15.7. The van der Waals surface area contributed by atoms with Gasteiger partial charge in [0.15, 0.2) is 0 Å². The summed E-state index contributed by atoms with van der Waals surface area (Å²) in [4.78, 5) is 16.2. The molecule has 1 heterocycles. The predicted octanol–water partition coefficient (Wildman–Crippen LogP) is 2.51. The fraction of sp³-hybridized carbons (Fsp3) is 0.0526. The average molecular weight is 447 g/mol. The number of hydrogen-bond acceptors (Lipinski definition) is 6. The van der Waals surface area contributed by atoms with Gasteiger partial charge in [0.05, 0.1) is 23.0 Å². The second kappa shape index (κ2) is 8.51. The smallest absolute Gasteiger partial charge is 0.261 e. The van der Waals surface area contributed by atoms with E-state index >= 15 is 0 Å². The van der Waals surface area contributed by atoms with Crippen LogP contribution in [0.15, 0.2) is 78.0 Å². The summed E-state index contributed by atoms with van der Waals surface area (Å²) in [7, 11) is -7.19. The lowest BCUT2D eigenvalue weighted by Gasteiger charge is -2.10. The predicted molar refractivity (Wildman–Crippen MR) is 114 cm³/mol. The van der Waals surface area contributed by atoms with Crippen LogP contribution >= 0.6 is 0 Å². The standard InChI is InChI=1S/C19H18N4O5S2/c1-29(25,26)22-16-6-4-14(5-7-16)19(24)21-15-8-10-18(11-9-15)30(27,28)23-17-3-2-12-20-13-17/h2-13,22-23H,1H3,(H,21,24). The topological polar surface area (TPSA) is 134 Å². The molecular formula is C19H18N4O5S2. The number of amides is 1. The van der Waals surface area contributed by atoms with Gasteiger partial charge in [-0.3, -0.25) is 19.2 Å². The fourth-order valence-electron chi connectivity index (χ4n) is 2.46. The zero-order valence-corrected chi connectivity index (χ0v) is 17.4. The average Bonchev–Trinajstić information content (AvgIpc) is 2.68. The van der Waals surface area contributed by atoms with Crippen molar-refractivity contribution in [3.8, 4) is 0 Å². The molecule has 0 bridgehead atoms. The largest absolute Gasteiger partial charge is 0.322 e. The highest BCUT2D eigenvalue weighted by Crippen LogP contribution is 2.19. The number of sulfonamides is 2. The van der Waals surface area contributed by atoms with Crippen LogP contribution in [-0.4, -0.2) is 34.0 Å². The summed E-state index contributed by atoms with van der Waals surface area (Å²) >= 11 is 0. The molecule has 2 aromatic carbocycles. The third-order valence-corrected chi connectivity index (χ3v) is 5.79. The number of nitrogens with zero attached hydrogens (tertiary/aromatic N) is 1. The van der Waals surface area contributed by atoms with Crippen molar-refractivity contribution >= 4 is 43.0 Å². The molecule has 156 valence electrons. The summed E-state index contributed by atoms with van der Waals surface area (Å²) in [5, 5.41) is 2.65. The molecule has 0 atom stereocenters. The van der Waals surface area contributed by atoms with Crippen molar-refractivity contribution in [2.24, 2.45) is 0 Å². The Morgan fingerprint density at radius 1 is 0.800 bits per heavy atom. The van der Waals surface area contributed by atoms with E-state index in [9.17, 15) is 21.6 Å². The fourth-order valence-corrected chi connectivity index (χ4v) is 4.07. The van der Waals surface area contributed by atoms with Gasteiger partial charge in [0.25, 0.3) is 15.9 Å². The van der Waals surface area contributed by atoms with Crippen molar-refractivity contribution in [3.63, 3.8) is 0 Å². The molecule has 1 aromatic heterocycles. The summed E-state index contributed by atoms with van der Waals surface area (Å²) in [5.74, 6) is -0.426. The third kappa shape index (κ3) is 5.78. The number of anilines is 3. The van der Waals surface area contributed by atoms with Crippen molar-refractivity contribution < 1.29 is 21.6 Å². The van der Waals surface area contributed by atoms with E-state index in [0.717, 1.165) is 6.26 Å². The van der Waals surface area contributed by atoms with Crippen LogP contribution < -0.4 is 14.8 Å². The summed E-state index contributed by atoms with van der Waals surface area (Å²) in [6.07, 6.45) is 3.96. The lowest BCUT2D eigenvalue weighted by atomic mass is 10.2. The molecule has 0 saturated heterocycles. The van der Waals surface area contributed by atoms with Crippen LogP contribution in [0.2, 0.25) is 0 Å². The van der Waals surface area contributed by atoms with Gasteiger partial charge in [-0.1, -0.05) is 0 Å². The molecule has 30 heavy (non-hydrogen) atoms. The third-order valence-electron chi connectivity index (χ3n) is 3.79. The minimum absolute atomic E-state index is 0.0283. The number of nitrogens with one attached hydrogen (secondary N) is 3. The molecular weight excluding hydrogens is 428 g/mol. The molecule has 0 unspecified atom stereocenters. The van der Waals surface area contributed by atoms with Crippen molar-refractivity contribution in [1.29, 1.82) is 0 Å². The quantitative estimate of drug-likeness (QED) is 0.510. The molecule has 0 radical (unpaired) electrons. The maximum absolute atomic E-state index is 12.4. The summed E-state index contributed by atoms with van der Waals surface area (Å²) in [6.45, 7) is 0. The first-order chi connectivity index (χ1) is 14.1. The Hall–Kier alpha value is -3.44. The van der Waals surface area contributed by atoms with Gasteiger partial charge >= 0.3 is 0 Å². The normalized spacial score (nSPS) is 11.5. The molecule has 0 saturated carbocycles. The monoisotopic (exact) mass is 446 g/mol. The molecule has 0 spiro atoms. The summed E-state index contributed by atoms with van der Waals surface area (Å²) < 4.78 is 52.0. The maximum Gasteiger partial charge on any atom is 0.261 e. The number of carbonyl (C=O) groups excluding carboxylic acids is 1. The van der Waals surface area contributed by atoms with Crippen LogP contribution in [0.1, 0.15) is 10.4 Å². The first-order valence-corrected chi connectivity index (χ1v) is 11.9. The maximum atomic E-state index is 12.4. The van der Waals surface area contributed by atoms with Gasteiger partial charge in [-0.2, -0.15) is 0 Å². The molecule has 11 heteroatoms. The van der Waals surface area contributed by atoms with Crippen molar-refractivity contribution in [3.05, 3.63) is 78.6 Å². The molecule has 0 aliphatic rings. The number of carbonyl (C=O) groups is 1. The van der Waals surface area contributed by atoms with E-state index in [0.29, 0.717) is 22.6 Å². The Labute approximate surface area is 174 Å². The Morgan fingerprint density at radius 3 is 2.00 bits per heavy atom. The Balaban J connectivity index is 1.67. The van der Waals surface area contributed by atoms with Gasteiger partial charge in [-0.15, -0.1) is 0 Å². The molecule has 3 rings (SSSR count). The van der Waals surface area contributed by atoms with E-state index in [4.69, 9.17) is 0 Å². The molecule has 0 aliphatic heterocycles. The van der Waals surface area contributed by atoms with Gasteiger partial charge < -0.3 is 5.32 Å². The van der Waals surface area contributed by atoms with E-state index in [1.807, 2.05) is 0 Å². The molecule has 0 aliphatic carbocycles. The number of hydrogen-bond donors (Lipinski definition) is 3. The minimum Gasteiger partial charge on any atom is -0.322 e. The van der Waals surface area contributed by atoms with E-state index < -0.39 is 26.0 Å². The second-order valence-corrected chi connectivity index (χ2v) is 9.71. The number of aromatic nitrogens is 1. The van der Waals surface area contributed by atoms with Gasteiger partial charge in [-0.25, -0.2) is 16.8 Å². The van der Waals surface area contributed by atoms with Crippen LogP contribution in [0.5, 0.6) is 0 Å². The van der Waals surface area contributed by atoms with Gasteiger partial charge in [0, 0.05) is 23.1 Å². The van der Waals surface area contributed by atoms with Crippen molar-refractivity contribution in [2.75, 3.05) is 21.0 Å². The lowest BCUT2D eigenvalue weighted by Crippen LogP contribution is -2.14. The highest BCUT2D eigenvalue weighted by atomic mass is 32.2. The first-order valence-electron chi connectivity index (χ1n) is 8.54. The molecule has 3 N–H and O–H groups in total. The number of benzene rings is 2. The minimum atomic E-state index is -3.79. The van der Waals surface area contributed by atoms with Gasteiger partial charge in [0.2, 0.25) is 10.0 Å². The molecule has 1 amide bonds. The van der Waals surface area contributed by atoms with Crippen LogP contribution in [0.25, 0.3) is 0 Å². The van der Waals surface area contributed by atoms with E-state index in [2.05, 4.69) is 19.7 Å². The summed E-state index contributed by atoms with van der Waals surface area (Å²) in [5.41, 5.74) is 1.39. The SMILES string of the molecule is CS(=O)(=O)Nc1ccc(C(=O)Nc2ccc(S(=O)(=O)Nc3cccnc3)cc2)cc1. The molecule has 3 aromatic rings. The van der Waals surface area contributed by atoms with E-state index in [-0.39, 0.29) is 4.90 Å².